The molecule has 0 aliphatic carbocycles. The molecule has 1 aromatic heterocycles. The molecule has 1 aromatic rings. The maximum Gasteiger partial charge on any atom is 0.308 e. The highest BCUT2D eigenvalue weighted by molar-refractivity contribution is 5.70. The van der Waals surface area contributed by atoms with Gasteiger partial charge in [-0.2, -0.15) is 0 Å². The van der Waals surface area contributed by atoms with Gasteiger partial charge < -0.3 is 14.7 Å². The maximum atomic E-state index is 11.1. The van der Waals surface area contributed by atoms with E-state index in [2.05, 4.69) is 9.72 Å². The maximum absolute atomic E-state index is 11.1. The summed E-state index contributed by atoms with van der Waals surface area (Å²) in [4.78, 5) is 17.0. The van der Waals surface area contributed by atoms with Crippen LogP contribution in [0, 0.1) is 0 Å². The monoisotopic (exact) mass is 224 g/mol. The van der Waals surface area contributed by atoms with Gasteiger partial charge in [-0.05, 0) is 6.07 Å². The first-order chi connectivity index (χ1) is 7.56. The molecule has 0 saturated carbocycles. The number of carbonyl (C=O) groups excluding carboxylic acids is 1. The number of nitrogens with zero attached hydrogens (tertiary/aromatic N) is 2. The fraction of sp³-hybridized carbons (Fsp3) is 0.455. The predicted molar refractivity (Wildman–Crippen MR) is 60.2 cm³/mol. The summed E-state index contributed by atoms with van der Waals surface area (Å²) in [5, 5.41) is 9.88. The van der Waals surface area contributed by atoms with E-state index in [-0.39, 0.29) is 6.42 Å². The number of methoxy groups -OCH3 is 1. The number of hydrogen-bond acceptors (Lipinski definition) is 5. The number of esters is 1. The van der Waals surface area contributed by atoms with Crippen LogP contribution in [0.4, 0.5) is 5.82 Å². The van der Waals surface area contributed by atoms with Crippen molar-refractivity contribution in [3.63, 3.8) is 0 Å². The van der Waals surface area contributed by atoms with Crippen LogP contribution in [-0.2, 0) is 9.53 Å². The fourth-order valence-electron chi connectivity index (χ4n) is 1.39. The quantitative estimate of drug-likeness (QED) is 0.764. The Morgan fingerprint density at radius 2 is 2.31 bits per heavy atom. The molecule has 0 saturated heterocycles. The summed E-state index contributed by atoms with van der Waals surface area (Å²) in [5.41, 5.74) is 0.623. The van der Waals surface area contributed by atoms with Crippen LogP contribution in [0.3, 0.4) is 0 Å². The lowest BCUT2D eigenvalue weighted by Crippen LogP contribution is -2.16. The predicted octanol–water partition coefficient (Wildman–Crippen LogP) is 0.744. The topological polar surface area (TPSA) is 62.7 Å². The van der Waals surface area contributed by atoms with Gasteiger partial charge in [0.1, 0.15) is 5.82 Å². The minimum Gasteiger partial charge on any atom is -0.469 e. The van der Waals surface area contributed by atoms with E-state index in [1.54, 1.807) is 23.2 Å². The SMILES string of the molecule is COC(=O)C[C@@H](O)c1cccnc1N(C)C. The van der Waals surface area contributed by atoms with E-state index in [1.165, 1.54) is 7.11 Å². The van der Waals surface area contributed by atoms with E-state index in [0.717, 1.165) is 0 Å². The first-order valence-corrected chi connectivity index (χ1v) is 4.93. The number of aromatic nitrogens is 1. The standard InChI is InChI=1S/C11H16N2O3/c1-13(2)11-8(5-4-6-12-11)9(14)7-10(15)16-3/h4-6,9,14H,7H2,1-3H3/t9-/m1/s1. The average Bonchev–Trinajstić information content (AvgIpc) is 2.28. The molecule has 1 atom stereocenters. The lowest BCUT2D eigenvalue weighted by atomic mass is 10.1. The van der Waals surface area contributed by atoms with Crippen molar-refractivity contribution in [2.24, 2.45) is 0 Å². The highest BCUT2D eigenvalue weighted by Gasteiger charge is 2.18. The van der Waals surface area contributed by atoms with Gasteiger partial charge in [-0.1, -0.05) is 6.07 Å². The Labute approximate surface area is 94.7 Å². The molecule has 88 valence electrons. The number of carbonyl (C=O) groups is 1. The molecule has 0 bridgehead atoms. The van der Waals surface area contributed by atoms with Crippen molar-refractivity contribution in [3.8, 4) is 0 Å². The van der Waals surface area contributed by atoms with Crippen LogP contribution < -0.4 is 4.90 Å². The summed E-state index contributed by atoms with van der Waals surface area (Å²) in [6.07, 6.45) is 0.686. The van der Waals surface area contributed by atoms with Crippen LogP contribution in [0.15, 0.2) is 18.3 Å². The first-order valence-electron chi connectivity index (χ1n) is 4.93. The van der Waals surface area contributed by atoms with Crippen molar-refractivity contribution < 1.29 is 14.6 Å². The van der Waals surface area contributed by atoms with Crippen LogP contribution in [0.5, 0.6) is 0 Å². The molecule has 5 heteroatoms. The van der Waals surface area contributed by atoms with Gasteiger partial charge in [-0.25, -0.2) is 4.98 Å². The van der Waals surface area contributed by atoms with Gasteiger partial charge in [0.2, 0.25) is 0 Å². The van der Waals surface area contributed by atoms with Crippen LogP contribution in [0.2, 0.25) is 0 Å². The zero-order valence-corrected chi connectivity index (χ0v) is 9.67. The summed E-state index contributed by atoms with van der Waals surface area (Å²) in [6.45, 7) is 0. The van der Waals surface area contributed by atoms with Crippen LogP contribution in [0.25, 0.3) is 0 Å². The number of aliphatic hydroxyl groups excluding tert-OH is 1. The summed E-state index contributed by atoms with van der Waals surface area (Å²) < 4.78 is 4.51. The zero-order valence-electron chi connectivity index (χ0n) is 9.67. The third kappa shape index (κ3) is 2.93. The molecule has 1 heterocycles. The molecule has 16 heavy (non-hydrogen) atoms. The molecule has 1 rings (SSSR count). The van der Waals surface area contributed by atoms with Crippen molar-refractivity contribution in [2.45, 2.75) is 12.5 Å². The molecule has 0 unspecified atom stereocenters. The van der Waals surface area contributed by atoms with E-state index in [9.17, 15) is 9.90 Å². The Hall–Kier alpha value is -1.62. The van der Waals surface area contributed by atoms with E-state index < -0.39 is 12.1 Å². The lowest BCUT2D eigenvalue weighted by molar-refractivity contribution is -0.142. The first kappa shape index (κ1) is 12.4. The van der Waals surface area contributed by atoms with E-state index in [1.807, 2.05) is 14.1 Å². The smallest absolute Gasteiger partial charge is 0.308 e. The Morgan fingerprint density at radius 3 is 2.88 bits per heavy atom. The van der Waals surface area contributed by atoms with Gasteiger partial charge in [-0.15, -0.1) is 0 Å². The molecule has 0 radical (unpaired) electrons. The number of anilines is 1. The summed E-state index contributed by atoms with van der Waals surface area (Å²) in [5.74, 6) is 0.208. The van der Waals surface area contributed by atoms with Crippen molar-refractivity contribution >= 4 is 11.8 Å². The second-order valence-electron chi connectivity index (χ2n) is 3.61. The van der Waals surface area contributed by atoms with Crippen LogP contribution in [0.1, 0.15) is 18.1 Å². The summed E-state index contributed by atoms with van der Waals surface area (Å²) >= 11 is 0. The number of rotatable bonds is 4. The van der Waals surface area contributed by atoms with Crippen LogP contribution in [-0.4, -0.2) is 37.3 Å². The van der Waals surface area contributed by atoms with E-state index >= 15 is 0 Å². The van der Waals surface area contributed by atoms with Gasteiger partial charge in [0.05, 0.1) is 19.6 Å². The second-order valence-corrected chi connectivity index (χ2v) is 3.61. The largest absolute Gasteiger partial charge is 0.469 e. The Morgan fingerprint density at radius 1 is 1.62 bits per heavy atom. The molecule has 0 aliphatic rings. The van der Waals surface area contributed by atoms with E-state index in [4.69, 9.17) is 0 Å². The van der Waals surface area contributed by atoms with Gasteiger partial charge in [-0.3, -0.25) is 4.79 Å². The van der Waals surface area contributed by atoms with Gasteiger partial charge in [0.25, 0.3) is 0 Å². The molecular weight excluding hydrogens is 208 g/mol. The molecule has 0 fully saturated rings. The molecule has 0 amide bonds. The number of pyridine rings is 1. The highest BCUT2D eigenvalue weighted by atomic mass is 16.5. The molecular formula is C11H16N2O3. The number of hydrogen-bond donors (Lipinski definition) is 1. The minimum atomic E-state index is -0.890. The number of ether oxygens (including phenoxy) is 1. The van der Waals surface area contributed by atoms with Crippen molar-refractivity contribution in [2.75, 3.05) is 26.1 Å². The minimum absolute atomic E-state index is 0.0664. The highest BCUT2D eigenvalue weighted by Crippen LogP contribution is 2.24. The zero-order chi connectivity index (χ0) is 12.1. The summed E-state index contributed by atoms with van der Waals surface area (Å²) in [7, 11) is 4.96. The molecule has 5 nitrogen and oxygen atoms in total. The lowest BCUT2D eigenvalue weighted by Gasteiger charge is -2.18. The summed E-state index contributed by atoms with van der Waals surface area (Å²) in [6, 6.07) is 3.47. The molecule has 0 aromatic carbocycles. The molecule has 1 N–H and O–H groups in total. The Kier molecular flexibility index (Phi) is 4.25. The second kappa shape index (κ2) is 5.46. The van der Waals surface area contributed by atoms with Crippen molar-refractivity contribution in [3.05, 3.63) is 23.9 Å². The van der Waals surface area contributed by atoms with Gasteiger partial charge >= 0.3 is 5.97 Å². The molecule has 0 aliphatic heterocycles. The normalized spacial score (nSPS) is 12.0. The van der Waals surface area contributed by atoms with E-state index in [0.29, 0.717) is 11.4 Å². The third-order valence-corrected chi connectivity index (χ3v) is 2.19. The van der Waals surface area contributed by atoms with Crippen LogP contribution >= 0.6 is 0 Å². The third-order valence-electron chi connectivity index (χ3n) is 2.19. The van der Waals surface area contributed by atoms with Gasteiger partial charge in [0, 0.05) is 25.9 Å². The number of aliphatic hydroxyl groups is 1. The Bertz CT molecular complexity index is 366. The van der Waals surface area contributed by atoms with Crippen molar-refractivity contribution in [1.82, 2.24) is 4.98 Å². The average molecular weight is 224 g/mol. The van der Waals surface area contributed by atoms with Gasteiger partial charge in [0.15, 0.2) is 0 Å². The Balaban J connectivity index is 2.90. The van der Waals surface area contributed by atoms with Crippen molar-refractivity contribution in [1.29, 1.82) is 0 Å². The fourth-order valence-corrected chi connectivity index (χ4v) is 1.39. The molecule has 0 spiro atoms.